The highest BCUT2D eigenvalue weighted by Crippen LogP contribution is 2.30. The van der Waals surface area contributed by atoms with Crippen molar-refractivity contribution in [2.75, 3.05) is 0 Å². The first kappa shape index (κ1) is 16.3. The van der Waals surface area contributed by atoms with Crippen molar-refractivity contribution in [1.82, 2.24) is 4.98 Å². The first-order chi connectivity index (χ1) is 11.6. The number of pyridine rings is 1. The van der Waals surface area contributed by atoms with Crippen molar-refractivity contribution in [2.24, 2.45) is 0 Å². The van der Waals surface area contributed by atoms with E-state index in [4.69, 9.17) is 4.74 Å². The van der Waals surface area contributed by atoms with Crippen LogP contribution in [0.1, 0.15) is 29.3 Å². The van der Waals surface area contributed by atoms with Gasteiger partial charge in [0, 0.05) is 11.8 Å². The van der Waals surface area contributed by atoms with Crippen LogP contribution in [-0.4, -0.2) is 4.98 Å². The number of aromatic nitrogens is 1. The molecule has 0 amide bonds. The number of benzene rings is 2. The fourth-order valence-electron chi connectivity index (χ4n) is 3.00. The predicted molar refractivity (Wildman–Crippen MR) is 99.8 cm³/mol. The molecule has 2 nitrogen and oxygen atoms in total. The van der Waals surface area contributed by atoms with Gasteiger partial charge in [-0.3, -0.25) is 0 Å². The number of nitrogens with zero attached hydrogens (tertiary/aromatic N) is 1. The number of hydrogen-bond donors (Lipinski definition) is 0. The Morgan fingerprint density at radius 3 is 2.25 bits per heavy atom. The summed E-state index contributed by atoms with van der Waals surface area (Å²) < 4.78 is 5.95. The molecule has 0 aliphatic rings. The van der Waals surface area contributed by atoms with Crippen LogP contribution in [0.15, 0.2) is 54.6 Å². The molecule has 0 atom stereocenters. The minimum atomic E-state index is 0.646. The van der Waals surface area contributed by atoms with Gasteiger partial charge in [-0.15, -0.1) is 0 Å². The predicted octanol–water partition coefficient (Wildman–Crippen LogP) is 6.03. The van der Waals surface area contributed by atoms with Crippen molar-refractivity contribution >= 4 is 0 Å². The molecule has 0 unspecified atom stereocenters. The van der Waals surface area contributed by atoms with E-state index in [9.17, 15) is 0 Å². The fraction of sp³-hybridized carbons (Fsp3) is 0.227. The normalized spacial score (nSPS) is 10.7. The molecule has 3 aromatic rings. The highest BCUT2D eigenvalue weighted by Gasteiger charge is 2.08. The van der Waals surface area contributed by atoms with Crippen molar-refractivity contribution in [3.8, 4) is 22.8 Å². The second-order valence-corrected chi connectivity index (χ2v) is 6.14. The molecule has 1 heterocycles. The Balaban J connectivity index is 1.88. The minimum Gasteiger partial charge on any atom is -0.439 e. The zero-order chi connectivity index (χ0) is 17.1. The van der Waals surface area contributed by atoms with Crippen LogP contribution in [0.5, 0.6) is 11.6 Å². The van der Waals surface area contributed by atoms with Crippen molar-refractivity contribution in [3.63, 3.8) is 0 Å². The molecular formula is C22H23NO. The zero-order valence-corrected chi connectivity index (χ0v) is 14.8. The molecule has 24 heavy (non-hydrogen) atoms. The summed E-state index contributed by atoms with van der Waals surface area (Å²) >= 11 is 0. The third-order valence-corrected chi connectivity index (χ3v) is 4.41. The van der Waals surface area contributed by atoms with Crippen LogP contribution >= 0.6 is 0 Å². The maximum Gasteiger partial charge on any atom is 0.219 e. The molecule has 2 heteroatoms. The van der Waals surface area contributed by atoms with E-state index in [-0.39, 0.29) is 0 Å². The van der Waals surface area contributed by atoms with Crippen LogP contribution < -0.4 is 4.74 Å². The molecule has 0 bridgehead atoms. The molecule has 0 radical (unpaired) electrons. The van der Waals surface area contributed by atoms with Crippen molar-refractivity contribution in [2.45, 2.75) is 34.1 Å². The van der Waals surface area contributed by atoms with E-state index in [1.54, 1.807) is 0 Å². The number of rotatable bonds is 4. The van der Waals surface area contributed by atoms with Crippen LogP contribution in [0.25, 0.3) is 11.1 Å². The molecule has 1 aromatic heterocycles. The van der Waals surface area contributed by atoms with Gasteiger partial charge in [0.05, 0.1) is 0 Å². The lowest BCUT2D eigenvalue weighted by Gasteiger charge is -2.12. The average Bonchev–Trinajstić information content (AvgIpc) is 2.56. The van der Waals surface area contributed by atoms with Gasteiger partial charge in [-0.05, 0) is 67.1 Å². The van der Waals surface area contributed by atoms with Crippen LogP contribution in [-0.2, 0) is 6.42 Å². The maximum absolute atomic E-state index is 5.95. The standard InChI is InChI=1S/C22H23NO/c1-5-18-10-13-22(23-17(18)4)24-19-11-12-21(16(3)14-19)20-9-7-6-8-15(20)2/h6-14H,5H2,1-4H3. The van der Waals surface area contributed by atoms with Gasteiger partial charge >= 0.3 is 0 Å². The Morgan fingerprint density at radius 2 is 1.58 bits per heavy atom. The Labute approximate surface area is 144 Å². The number of ether oxygens (including phenoxy) is 1. The molecule has 122 valence electrons. The van der Waals surface area contributed by atoms with Crippen molar-refractivity contribution in [3.05, 3.63) is 77.0 Å². The van der Waals surface area contributed by atoms with E-state index in [1.165, 1.54) is 27.8 Å². The van der Waals surface area contributed by atoms with Gasteiger partial charge in [0.25, 0.3) is 0 Å². The Hall–Kier alpha value is -2.61. The van der Waals surface area contributed by atoms with Crippen LogP contribution in [0.3, 0.4) is 0 Å². The highest BCUT2D eigenvalue weighted by molar-refractivity contribution is 5.71. The molecule has 0 spiro atoms. The minimum absolute atomic E-state index is 0.646. The van der Waals surface area contributed by atoms with Gasteiger partial charge in [0.15, 0.2) is 0 Å². The number of hydrogen-bond acceptors (Lipinski definition) is 2. The van der Waals surface area contributed by atoms with Crippen LogP contribution in [0, 0.1) is 20.8 Å². The summed E-state index contributed by atoms with van der Waals surface area (Å²) in [7, 11) is 0. The molecule has 0 aliphatic carbocycles. The van der Waals surface area contributed by atoms with E-state index in [1.807, 2.05) is 19.1 Å². The van der Waals surface area contributed by atoms with Crippen LogP contribution in [0.2, 0.25) is 0 Å². The van der Waals surface area contributed by atoms with Gasteiger partial charge in [-0.1, -0.05) is 43.3 Å². The largest absolute Gasteiger partial charge is 0.439 e. The third-order valence-electron chi connectivity index (χ3n) is 4.41. The second-order valence-electron chi connectivity index (χ2n) is 6.14. The van der Waals surface area contributed by atoms with Gasteiger partial charge in [-0.2, -0.15) is 0 Å². The summed E-state index contributed by atoms with van der Waals surface area (Å²) in [4.78, 5) is 4.54. The Bertz CT molecular complexity index is 868. The molecule has 3 rings (SSSR count). The average molecular weight is 317 g/mol. The first-order valence-electron chi connectivity index (χ1n) is 8.39. The van der Waals surface area contributed by atoms with Crippen molar-refractivity contribution < 1.29 is 4.74 Å². The molecule has 2 aromatic carbocycles. The molecule has 0 N–H and O–H groups in total. The third kappa shape index (κ3) is 3.33. The lowest BCUT2D eigenvalue weighted by molar-refractivity contribution is 0.461. The lowest BCUT2D eigenvalue weighted by atomic mass is 9.97. The molecule has 0 aliphatic heterocycles. The molecule has 0 saturated carbocycles. The monoisotopic (exact) mass is 317 g/mol. The Kier molecular flexibility index (Phi) is 4.66. The fourth-order valence-corrected chi connectivity index (χ4v) is 3.00. The van der Waals surface area contributed by atoms with E-state index in [0.717, 1.165) is 17.9 Å². The molecule has 0 saturated heterocycles. The van der Waals surface area contributed by atoms with E-state index >= 15 is 0 Å². The van der Waals surface area contributed by atoms with E-state index < -0.39 is 0 Å². The Morgan fingerprint density at radius 1 is 0.833 bits per heavy atom. The van der Waals surface area contributed by atoms with Crippen molar-refractivity contribution in [1.29, 1.82) is 0 Å². The molecular weight excluding hydrogens is 294 g/mol. The van der Waals surface area contributed by atoms with E-state index in [0.29, 0.717) is 5.88 Å². The second kappa shape index (κ2) is 6.88. The summed E-state index contributed by atoms with van der Waals surface area (Å²) in [6.45, 7) is 8.42. The van der Waals surface area contributed by atoms with E-state index in [2.05, 4.69) is 68.2 Å². The lowest BCUT2D eigenvalue weighted by Crippen LogP contribution is -1.95. The topological polar surface area (TPSA) is 22.1 Å². The summed E-state index contributed by atoms with van der Waals surface area (Å²) in [5.74, 6) is 1.47. The summed E-state index contributed by atoms with van der Waals surface area (Å²) in [5, 5.41) is 0. The number of aryl methyl sites for hydroxylation is 4. The summed E-state index contributed by atoms with van der Waals surface area (Å²) in [6, 6.07) is 18.7. The summed E-state index contributed by atoms with van der Waals surface area (Å²) in [6.07, 6.45) is 0.989. The van der Waals surface area contributed by atoms with Gasteiger partial charge in [0.2, 0.25) is 5.88 Å². The summed E-state index contributed by atoms with van der Waals surface area (Å²) in [5.41, 5.74) is 7.27. The molecule has 0 fully saturated rings. The van der Waals surface area contributed by atoms with Gasteiger partial charge in [-0.25, -0.2) is 4.98 Å². The maximum atomic E-state index is 5.95. The quantitative estimate of drug-likeness (QED) is 0.586. The van der Waals surface area contributed by atoms with Crippen LogP contribution in [0.4, 0.5) is 0 Å². The smallest absolute Gasteiger partial charge is 0.219 e. The highest BCUT2D eigenvalue weighted by atomic mass is 16.5. The zero-order valence-electron chi connectivity index (χ0n) is 14.8. The van der Waals surface area contributed by atoms with Gasteiger partial charge < -0.3 is 4.74 Å². The first-order valence-corrected chi connectivity index (χ1v) is 8.39. The van der Waals surface area contributed by atoms with Gasteiger partial charge in [0.1, 0.15) is 5.75 Å². The SMILES string of the molecule is CCc1ccc(Oc2ccc(-c3ccccc3C)c(C)c2)nc1C.